The molecule has 4 nitrogen and oxygen atoms in total. The first-order valence-electron chi connectivity index (χ1n) is 6.51. The lowest BCUT2D eigenvalue weighted by Crippen LogP contribution is -2.34. The molecule has 0 fully saturated rings. The first-order valence-corrected chi connectivity index (χ1v) is 6.51. The molecule has 0 aliphatic rings. The van der Waals surface area contributed by atoms with E-state index >= 15 is 0 Å². The monoisotopic (exact) mass is 259 g/mol. The van der Waals surface area contributed by atoms with Gasteiger partial charge in [0, 0.05) is 24.8 Å². The van der Waals surface area contributed by atoms with Gasteiger partial charge in [0.1, 0.15) is 0 Å². The van der Waals surface area contributed by atoms with Crippen molar-refractivity contribution in [2.75, 3.05) is 6.54 Å². The van der Waals surface area contributed by atoms with Crippen LogP contribution in [-0.4, -0.2) is 27.0 Å². The minimum absolute atomic E-state index is 0.566. The van der Waals surface area contributed by atoms with Crippen LogP contribution in [0.4, 0.5) is 0 Å². The van der Waals surface area contributed by atoms with Gasteiger partial charge in [0.25, 0.3) is 0 Å². The molecular weight excluding hydrogens is 238 g/mol. The van der Waals surface area contributed by atoms with E-state index in [1.165, 1.54) is 5.56 Å². The lowest BCUT2D eigenvalue weighted by atomic mass is 10.1. The molecule has 1 heterocycles. The van der Waals surface area contributed by atoms with Crippen molar-refractivity contribution in [1.82, 2.24) is 15.1 Å². The summed E-state index contributed by atoms with van der Waals surface area (Å²) in [5.41, 5.74) is 1.68. The highest BCUT2D eigenvalue weighted by Crippen LogP contribution is 2.04. The highest BCUT2D eigenvalue weighted by molar-refractivity contribution is 5.15. The van der Waals surface area contributed by atoms with Gasteiger partial charge in [-0.05, 0) is 19.4 Å². The Labute approximate surface area is 114 Å². The quantitative estimate of drug-likeness (QED) is 0.831. The number of hydrogen-bond acceptors (Lipinski definition) is 3. The maximum Gasteiger partial charge on any atom is 0.0715 e. The lowest BCUT2D eigenvalue weighted by molar-refractivity contribution is 0.0795. The highest BCUT2D eigenvalue weighted by Gasteiger charge is 2.11. The smallest absolute Gasteiger partial charge is 0.0715 e. The molecule has 0 radical (unpaired) electrons. The Kier molecular flexibility index (Phi) is 4.35. The van der Waals surface area contributed by atoms with E-state index in [0.717, 1.165) is 18.7 Å². The van der Waals surface area contributed by atoms with Crippen molar-refractivity contribution >= 4 is 0 Å². The Hall–Kier alpha value is -1.65. The number of rotatable bonds is 6. The van der Waals surface area contributed by atoms with Crippen LogP contribution in [0.15, 0.2) is 42.7 Å². The molecule has 4 heteroatoms. The van der Waals surface area contributed by atoms with E-state index < -0.39 is 5.60 Å². The van der Waals surface area contributed by atoms with Crippen LogP contribution in [0.25, 0.3) is 0 Å². The molecule has 19 heavy (non-hydrogen) atoms. The minimum atomic E-state index is -0.681. The fourth-order valence-corrected chi connectivity index (χ4v) is 1.87. The molecular formula is C15H21N3O. The van der Waals surface area contributed by atoms with Crippen LogP contribution in [0.2, 0.25) is 0 Å². The van der Waals surface area contributed by atoms with Crippen molar-refractivity contribution < 1.29 is 5.11 Å². The van der Waals surface area contributed by atoms with Gasteiger partial charge < -0.3 is 10.4 Å². The van der Waals surface area contributed by atoms with Crippen LogP contribution in [0.3, 0.4) is 0 Å². The van der Waals surface area contributed by atoms with Gasteiger partial charge in [-0.3, -0.25) is 4.68 Å². The standard InChI is InChI=1S/C15H21N3O/c1-15(2,19)12-16-8-14-9-17-18(11-14)10-13-6-4-3-5-7-13/h3-7,9,11,16,19H,8,10,12H2,1-2H3. The van der Waals surface area contributed by atoms with Gasteiger partial charge in [0.15, 0.2) is 0 Å². The third-order valence-corrected chi connectivity index (χ3v) is 2.76. The molecule has 102 valence electrons. The van der Waals surface area contributed by atoms with Crippen molar-refractivity contribution in [1.29, 1.82) is 0 Å². The predicted molar refractivity (Wildman–Crippen MR) is 75.8 cm³/mol. The zero-order valence-electron chi connectivity index (χ0n) is 11.5. The fraction of sp³-hybridized carbons (Fsp3) is 0.400. The second-order valence-electron chi connectivity index (χ2n) is 5.45. The number of hydrogen-bond donors (Lipinski definition) is 2. The molecule has 2 rings (SSSR count). The van der Waals surface area contributed by atoms with Crippen molar-refractivity contribution in [3.05, 3.63) is 53.9 Å². The van der Waals surface area contributed by atoms with E-state index in [2.05, 4.69) is 22.5 Å². The first-order chi connectivity index (χ1) is 9.03. The summed E-state index contributed by atoms with van der Waals surface area (Å²) in [7, 11) is 0. The summed E-state index contributed by atoms with van der Waals surface area (Å²) in [6, 6.07) is 10.3. The lowest BCUT2D eigenvalue weighted by Gasteiger charge is -2.17. The Morgan fingerprint density at radius 1 is 1.21 bits per heavy atom. The molecule has 0 saturated heterocycles. The Morgan fingerprint density at radius 3 is 2.63 bits per heavy atom. The van der Waals surface area contributed by atoms with E-state index in [9.17, 15) is 5.11 Å². The van der Waals surface area contributed by atoms with Gasteiger partial charge in [-0.25, -0.2) is 0 Å². The number of aromatic nitrogens is 2. The summed E-state index contributed by atoms with van der Waals surface area (Å²) in [4.78, 5) is 0. The summed E-state index contributed by atoms with van der Waals surface area (Å²) in [5.74, 6) is 0. The first kappa shape index (κ1) is 13.8. The fourth-order valence-electron chi connectivity index (χ4n) is 1.87. The second kappa shape index (κ2) is 5.99. The molecule has 0 aliphatic carbocycles. The van der Waals surface area contributed by atoms with Gasteiger partial charge in [-0.2, -0.15) is 5.10 Å². The van der Waals surface area contributed by atoms with Crippen LogP contribution in [0, 0.1) is 0 Å². The van der Waals surface area contributed by atoms with Gasteiger partial charge in [0.05, 0.1) is 18.3 Å². The van der Waals surface area contributed by atoms with Gasteiger partial charge >= 0.3 is 0 Å². The minimum Gasteiger partial charge on any atom is -0.389 e. The molecule has 0 atom stereocenters. The summed E-state index contributed by atoms with van der Waals surface area (Å²) < 4.78 is 1.93. The maximum atomic E-state index is 9.61. The zero-order valence-corrected chi connectivity index (χ0v) is 11.5. The Bertz CT molecular complexity index is 500. The van der Waals surface area contributed by atoms with E-state index in [0.29, 0.717) is 6.54 Å². The third kappa shape index (κ3) is 4.85. The van der Waals surface area contributed by atoms with Gasteiger partial charge in [-0.1, -0.05) is 30.3 Å². The van der Waals surface area contributed by atoms with Crippen LogP contribution in [-0.2, 0) is 13.1 Å². The predicted octanol–water partition coefficient (Wildman–Crippen LogP) is 1.79. The molecule has 0 bridgehead atoms. The topological polar surface area (TPSA) is 50.1 Å². The van der Waals surface area contributed by atoms with Crippen LogP contribution < -0.4 is 5.32 Å². The van der Waals surface area contributed by atoms with E-state index in [-0.39, 0.29) is 0 Å². The second-order valence-corrected chi connectivity index (χ2v) is 5.45. The number of nitrogens with one attached hydrogen (secondary N) is 1. The van der Waals surface area contributed by atoms with E-state index in [1.54, 1.807) is 13.8 Å². The van der Waals surface area contributed by atoms with Crippen molar-refractivity contribution in [2.45, 2.75) is 32.5 Å². The number of benzene rings is 1. The molecule has 2 N–H and O–H groups in total. The molecule has 2 aromatic rings. The molecule has 0 spiro atoms. The SMILES string of the molecule is CC(C)(O)CNCc1cnn(Cc2ccccc2)c1. The number of aliphatic hydroxyl groups is 1. The highest BCUT2D eigenvalue weighted by atomic mass is 16.3. The molecule has 0 saturated carbocycles. The van der Waals surface area contributed by atoms with Gasteiger partial charge in [-0.15, -0.1) is 0 Å². The van der Waals surface area contributed by atoms with Crippen LogP contribution in [0.1, 0.15) is 25.0 Å². The molecule has 0 unspecified atom stereocenters. The van der Waals surface area contributed by atoms with Crippen molar-refractivity contribution in [3.8, 4) is 0 Å². The van der Waals surface area contributed by atoms with Gasteiger partial charge in [0.2, 0.25) is 0 Å². The Balaban J connectivity index is 1.86. The normalized spacial score (nSPS) is 11.7. The third-order valence-electron chi connectivity index (χ3n) is 2.76. The van der Waals surface area contributed by atoms with E-state index in [4.69, 9.17) is 0 Å². The maximum absolute atomic E-state index is 9.61. The summed E-state index contributed by atoms with van der Waals surface area (Å²) in [5, 5.41) is 17.2. The zero-order chi connectivity index (χ0) is 13.7. The van der Waals surface area contributed by atoms with Crippen LogP contribution in [0.5, 0.6) is 0 Å². The van der Waals surface area contributed by atoms with Crippen LogP contribution >= 0.6 is 0 Å². The molecule has 0 amide bonds. The van der Waals surface area contributed by atoms with E-state index in [1.807, 2.05) is 35.3 Å². The van der Waals surface area contributed by atoms with Crippen molar-refractivity contribution in [2.24, 2.45) is 0 Å². The molecule has 1 aromatic heterocycles. The number of nitrogens with zero attached hydrogens (tertiary/aromatic N) is 2. The Morgan fingerprint density at radius 2 is 1.95 bits per heavy atom. The summed E-state index contributed by atoms with van der Waals surface area (Å²) in [6.45, 7) is 5.65. The summed E-state index contributed by atoms with van der Waals surface area (Å²) in [6.07, 6.45) is 3.89. The summed E-state index contributed by atoms with van der Waals surface area (Å²) >= 11 is 0. The largest absolute Gasteiger partial charge is 0.389 e. The average molecular weight is 259 g/mol. The molecule has 0 aliphatic heterocycles. The molecule has 1 aromatic carbocycles. The van der Waals surface area contributed by atoms with Crippen molar-refractivity contribution in [3.63, 3.8) is 0 Å². The average Bonchev–Trinajstić information content (AvgIpc) is 2.76.